The van der Waals surface area contributed by atoms with Gasteiger partial charge in [-0.25, -0.2) is 4.79 Å². The number of halogens is 1. The second-order valence-electron chi connectivity index (χ2n) is 9.50. The first kappa shape index (κ1) is 30.5. The Balaban J connectivity index is 0.00000241. The van der Waals surface area contributed by atoms with Crippen molar-refractivity contribution in [2.45, 2.75) is 44.1 Å². The molecule has 2 heterocycles. The summed E-state index contributed by atoms with van der Waals surface area (Å²) < 4.78 is 28.4. The zero-order valence-corrected chi connectivity index (χ0v) is 23.1. The molecule has 4 rings (SSSR count). The van der Waals surface area contributed by atoms with E-state index in [1.165, 1.54) is 28.4 Å². The van der Waals surface area contributed by atoms with Gasteiger partial charge in [0, 0.05) is 24.0 Å². The highest BCUT2D eigenvalue weighted by atomic mass is 79.9. The van der Waals surface area contributed by atoms with Crippen molar-refractivity contribution in [2.75, 3.05) is 42.5 Å². The van der Waals surface area contributed by atoms with Gasteiger partial charge < -0.3 is 50.3 Å². The van der Waals surface area contributed by atoms with Gasteiger partial charge in [-0.3, -0.25) is 0 Å². The average molecular weight is 581 g/mol. The summed E-state index contributed by atoms with van der Waals surface area (Å²) in [6.07, 6.45) is 5.48. The fourth-order valence-electron chi connectivity index (χ4n) is 5.14. The maximum atomic E-state index is 13.8. The highest BCUT2D eigenvalue weighted by Gasteiger charge is 2.49. The van der Waals surface area contributed by atoms with Crippen molar-refractivity contribution in [3.63, 3.8) is 0 Å². The van der Waals surface area contributed by atoms with E-state index in [4.69, 9.17) is 23.7 Å². The van der Waals surface area contributed by atoms with Crippen LogP contribution in [-0.2, 0) is 15.1 Å². The molecule has 2 unspecified atom stereocenters. The molecule has 0 saturated carbocycles. The smallest absolute Gasteiger partial charge is 0.347 e. The SMILES string of the molecule is C.COc1ccc(C(O)(C(=O)OC2CC3C=C[C@H](C2)[N+]3(C)C)c2ccc(OC)c(OC)c2)cc1OC.[Br-]. The van der Waals surface area contributed by atoms with E-state index in [-0.39, 0.29) is 42.6 Å². The van der Waals surface area contributed by atoms with Crippen molar-refractivity contribution < 1.29 is 55.0 Å². The van der Waals surface area contributed by atoms with Crippen LogP contribution in [0.3, 0.4) is 0 Å². The van der Waals surface area contributed by atoms with Gasteiger partial charge in [-0.1, -0.05) is 19.6 Å². The molecule has 1 fully saturated rings. The second-order valence-corrected chi connectivity index (χ2v) is 9.50. The minimum absolute atomic E-state index is 0. The molecule has 2 bridgehead atoms. The number of likely N-dealkylation sites (N-methyl/N-ethyl adjacent to an activating group) is 1. The summed E-state index contributed by atoms with van der Waals surface area (Å²) in [6, 6.07) is 10.3. The van der Waals surface area contributed by atoms with Crippen LogP contribution in [-0.4, -0.2) is 76.3 Å². The molecule has 204 valence electrons. The van der Waals surface area contributed by atoms with Gasteiger partial charge in [0.25, 0.3) is 0 Å². The molecule has 37 heavy (non-hydrogen) atoms. The first-order chi connectivity index (χ1) is 16.7. The molecule has 1 saturated heterocycles. The lowest BCUT2D eigenvalue weighted by molar-refractivity contribution is -0.926. The maximum Gasteiger partial charge on any atom is 0.347 e. The molecule has 9 heteroatoms. The van der Waals surface area contributed by atoms with Crippen LogP contribution in [0.1, 0.15) is 31.4 Å². The fourth-order valence-corrected chi connectivity index (χ4v) is 5.14. The standard InChI is InChI=1S/C27H34NO7.CH4.BrH/c1-28(2)19-9-10-20(28)16-21(15-19)35-26(29)27(30,17-7-11-22(31-3)24(13-17)33-5)18-8-12-23(32-4)25(14-18)34-6;;/h7-14,19-21,30H,15-16H2,1-6H3;1H4;1H/q+1;;/p-1/t19-,20?,21?;;/m1../s1. The molecule has 2 aromatic rings. The number of hydrogen-bond donors (Lipinski definition) is 1. The summed E-state index contributed by atoms with van der Waals surface area (Å²) in [4.78, 5) is 13.8. The van der Waals surface area contributed by atoms with Crippen LogP contribution in [0, 0.1) is 0 Å². The summed E-state index contributed by atoms with van der Waals surface area (Å²) in [7, 11) is 10.4. The van der Waals surface area contributed by atoms with Crippen molar-refractivity contribution in [3.8, 4) is 23.0 Å². The topological polar surface area (TPSA) is 83.5 Å². The van der Waals surface area contributed by atoms with Gasteiger partial charge in [0.2, 0.25) is 5.60 Å². The highest BCUT2D eigenvalue weighted by Crippen LogP contribution is 2.42. The monoisotopic (exact) mass is 579 g/mol. The van der Waals surface area contributed by atoms with Crippen LogP contribution in [0.5, 0.6) is 23.0 Å². The number of benzene rings is 2. The molecule has 0 aromatic heterocycles. The summed E-state index contributed by atoms with van der Waals surface area (Å²) in [5, 5.41) is 12.1. The van der Waals surface area contributed by atoms with E-state index in [0.717, 1.165) is 4.48 Å². The number of rotatable bonds is 8. The number of methoxy groups -OCH3 is 4. The van der Waals surface area contributed by atoms with Gasteiger partial charge in [-0.15, -0.1) is 0 Å². The largest absolute Gasteiger partial charge is 1.00 e. The van der Waals surface area contributed by atoms with Gasteiger partial charge in [0.15, 0.2) is 23.0 Å². The molecular formula is C28H38BrNO7. The van der Waals surface area contributed by atoms with Crippen molar-refractivity contribution in [1.29, 1.82) is 0 Å². The van der Waals surface area contributed by atoms with Crippen LogP contribution in [0.4, 0.5) is 0 Å². The number of piperidine rings is 1. The number of carbonyl (C=O) groups is 1. The van der Waals surface area contributed by atoms with E-state index in [1.54, 1.807) is 36.4 Å². The Hall–Kier alpha value is -2.75. The van der Waals surface area contributed by atoms with Crippen LogP contribution in [0.2, 0.25) is 0 Å². The number of aliphatic hydroxyl groups is 1. The Morgan fingerprint density at radius 3 is 1.59 bits per heavy atom. The van der Waals surface area contributed by atoms with Gasteiger partial charge >= 0.3 is 5.97 Å². The minimum atomic E-state index is -2.12. The van der Waals surface area contributed by atoms with E-state index < -0.39 is 11.6 Å². The van der Waals surface area contributed by atoms with Gasteiger partial charge in [-0.2, -0.15) is 0 Å². The van der Waals surface area contributed by atoms with Crippen molar-refractivity contribution in [3.05, 3.63) is 59.7 Å². The number of nitrogens with zero attached hydrogens (tertiary/aromatic N) is 1. The van der Waals surface area contributed by atoms with E-state index >= 15 is 0 Å². The normalized spacial score (nSPS) is 21.2. The van der Waals surface area contributed by atoms with Gasteiger partial charge in [0.1, 0.15) is 18.2 Å². The molecule has 0 amide bonds. The van der Waals surface area contributed by atoms with Crippen LogP contribution in [0.15, 0.2) is 48.6 Å². The molecule has 0 radical (unpaired) electrons. The second kappa shape index (κ2) is 11.8. The van der Waals surface area contributed by atoms with E-state index in [2.05, 4.69) is 26.2 Å². The Kier molecular flexibility index (Phi) is 9.68. The molecule has 8 nitrogen and oxygen atoms in total. The van der Waals surface area contributed by atoms with Crippen molar-refractivity contribution in [2.24, 2.45) is 0 Å². The Bertz CT molecular complexity index is 1060. The lowest BCUT2D eigenvalue weighted by Gasteiger charge is -2.44. The minimum Gasteiger partial charge on any atom is -1.00 e. The summed E-state index contributed by atoms with van der Waals surface area (Å²) in [5.41, 5.74) is -1.53. The van der Waals surface area contributed by atoms with E-state index in [0.29, 0.717) is 47.0 Å². The number of ether oxygens (including phenoxy) is 5. The third-order valence-corrected chi connectivity index (χ3v) is 7.45. The van der Waals surface area contributed by atoms with Gasteiger partial charge in [0.05, 0.1) is 42.5 Å². The molecule has 0 aliphatic carbocycles. The quantitative estimate of drug-likeness (QED) is 0.280. The van der Waals surface area contributed by atoms with Crippen molar-refractivity contribution >= 4 is 5.97 Å². The average Bonchev–Trinajstić information content (AvgIpc) is 3.02. The number of hydrogen-bond acceptors (Lipinski definition) is 7. The Labute approximate surface area is 230 Å². The predicted octanol–water partition coefficient (Wildman–Crippen LogP) is 0.686. The van der Waals surface area contributed by atoms with Crippen molar-refractivity contribution in [1.82, 2.24) is 0 Å². The lowest BCUT2D eigenvalue weighted by atomic mass is 9.85. The maximum absolute atomic E-state index is 13.8. The molecular weight excluding hydrogens is 542 g/mol. The summed E-state index contributed by atoms with van der Waals surface area (Å²) in [6.45, 7) is 0. The zero-order valence-electron chi connectivity index (χ0n) is 21.5. The number of carbonyl (C=O) groups excluding carboxylic acids is 1. The molecule has 2 aromatic carbocycles. The molecule has 1 N–H and O–H groups in total. The van der Waals surface area contributed by atoms with E-state index in [9.17, 15) is 9.90 Å². The predicted molar refractivity (Wildman–Crippen MR) is 137 cm³/mol. The number of fused-ring (bicyclic) bond motifs is 2. The van der Waals surface area contributed by atoms with Crippen LogP contribution >= 0.6 is 0 Å². The fraction of sp³-hybridized carbons (Fsp3) is 0.464. The Morgan fingerprint density at radius 2 is 1.22 bits per heavy atom. The highest BCUT2D eigenvalue weighted by molar-refractivity contribution is 5.86. The third kappa shape index (κ3) is 5.30. The molecule has 0 spiro atoms. The number of quaternary nitrogens is 1. The summed E-state index contributed by atoms with van der Waals surface area (Å²) >= 11 is 0. The number of esters is 1. The first-order valence-corrected chi connectivity index (χ1v) is 11.6. The molecule has 3 atom stereocenters. The van der Waals surface area contributed by atoms with Crippen LogP contribution < -0.4 is 35.9 Å². The Morgan fingerprint density at radius 1 is 0.811 bits per heavy atom. The summed E-state index contributed by atoms with van der Waals surface area (Å²) in [5.74, 6) is 0.975. The van der Waals surface area contributed by atoms with Crippen LogP contribution in [0.25, 0.3) is 0 Å². The third-order valence-electron chi connectivity index (χ3n) is 7.45. The molecule has 2 aliphatic rings. The van der Waals surface area contributed by atoms with E-state index in [1.807, 2.05) is 0 Å². The zero-order chi connectivity index (χ0) is 25.4. The lowest BCUT2D eigenvalue weighted by Crippen LogP contribution is -3.00. The van der Waals surface area contributed by atoms with Gasteiger partial charge in [-0.05, 0) is 36.4 Å². The first-order valence-electron chi connectivity index (χ1n) is 11.6. The molecule has 2 aliphatic heterocycles.